The molecule has 0 bridgehead atoms. The van der Waals surface area contributed by atoms with E-state index in [1.54, 1.807) is 24.3 Å². The number of rotatable bonds is 6. The smallest absolute Gasteiger partial charge is 0.251 e. The number of hydrogen-bond acceptors (Lipinski definition) is 4. The second-order valence-corrected chi connectivity index (χ2v) is 10.2. The van der Waals surface area contributed by atoms with Gasteiger partial charge >= 0.3 is 0 Å². The molecule has 1 unspecified atom stereocenters. The Kier molecular flexibility index (Phi) is 5.94. The summed E-state index contributed by atoms with van der Waals surface area (Å²) in [7, 11) is -3.44. The number of sulfonamides is 1. The van der Waals surface area contributed by atoms with E-state index in [2.05, 4.69) is 11.9 Å². The summed E-state index contributed by atoms with van der Waals surface area (Å²) in [6.45, 7) is 9.79. The van der Waals surface area contributed by atoms with E-state index in [4.69, 9.17) is 4.74 Å². The van der Waals surface area contributed by atoms with Crippen LogP contribution in [0.4, 0.5) is 5.69 Å². The van der Waals surface area contributed by atoms with Gasteiger partial charge in [-0.1, -0.05) is 18.2 Å². The molecule has 3 rings (SSSR count). The molecule has 0 aromatic heterocycles. The van der Waals surface area contributed by atoms with Gasteiger partial charge in [-0.05, 0) is 56.7 Å². The second-order valence-electron chi connectivity index (χ2n) is 8.26. The highest BCUT2D eigenvalue weighted by Crippen LogP contribution is 2.40. The number of ether oxygens (including phenoxy) is 1. The van der Waals surface area contributed by atoms with E-state index in [-0.39, 0.29) is 18.5 Å². The van der Waals surface area contributed by atoms with E-state index >= 15 is 0 Å². The summed E-state index contributed by atoms with van der Waals surface area (Å²) in [6, 6.07) is 12.3. The predicted octanol–water partition coefficient (Wildman–Crippen LogP) is 3.98. The van der Waals surface area contributed by atoms with Crippen LogP contribution in [-0.4, -0.2) is 32.7 Å². The second kappa shape index (κ2) is 8.14. The van der Waals surface area contributed by atoms with Crippen LogP contribution in [0.3, 0.4) is 0 Å². The van der Waals surface area contributed by atoms with Crippen molar-refractivity contribution in [1.82, 2.24) is 5.32 Å². The van der Waals surface area contributed by atoms with Gasteiger partial charge in [0.05, 0.1) is 24.5 Å². The Morgan fingerprint density at radius 1 is 1.27 bits per heavy atom. The van der Waals surface area contributed by atoms with Gasteiger partial charge in [0.25, 0.3) is 5.91 Å². The standard InChI is InChI=1S/C23H28N2O4S/c1-6-13-25(30(5,27)28)18-10-8-17(9-11-18)22(26)24-20-15-23(3,4)29-21-14-16(2)7-12-19(20)21/h6-12,14,20H,1,13,15H2,2-5H3,(H,24,26). The molecule has 1 amide bonds. The Bertz CT molecular complexity index is 1060. The zero-order valence-corrected chi connectivity index (χ0v) is 18.6. The molecule has 0 radical (unpaired) electrons. The van der Waals surface area contributed by atoms with Gasteiger partial charge < -0.3 is 10.1 Å². The van der Waals surface area contributed by atoms with Crippen LogP contribution in [0.5, 0.6) is 5.75 Å². The highest BCUT2D eigenvalue weighted by molar-refractivity contribution is 7.92. The first-order valence-electron chi connectivity index (χ1n) is 9.79. The molecular weight excluding hydrogens is 400 g/mol. The number of carbonyl (C=O) groups excluding carboxylic acids is 1. The van der Waals surface area contributed by atoms with Crippen LogP contribution >= 0.6 is 0 Å². The van der Waals surface area contributed by atoms with Crippen molar-refractivity contribution >= 4 is 21.6 Å². The van der Waals surface area contributed by atoms with Gasteiger partial charge in [-0.2, -0.15) is 0 Å². The van der Waals surface area contributed by atoms with Crippen molar-refractivity contribution in [2.45, 2.75) is 38.8 Å². The quantitative estimate of drug-likeness (QED) is 0.706. The molecule has 0 saturated carbocycles. The Balaban J connectivity index is 1.82. The number of benzene rings is 2. The van der Waals surface area contributed by atoms with E-state index in [9.17, 15) is 13.2 Å². The van der Waals surface area contributed by atoms with Crippen molar-refractivity contribution in [2.75, 3.05) is 17.1 Å². The molecule has 0 saturated heterocycles. The summed E-state index contributed by atoms with van der Waals surface area (Å²) in [5, 5.41) is 3.10. The largest absolute Gasteiger partial charge is 0.487 e. The normalized spacial score (nSPS) is 17.4. The fraction of sp³-hybridized carbons (Fsp3) is 0.348. The first-order chi connectivity index (χ1) is 14.0. The highest BCUT2D eigenvalue weighted by Gasteiger charge is 2.34. The van der Waals surface area contributed by atoms with Crippen molar-refractivity contribution in [3.8, 4) is 5.75 Å². The number of nitrogens with one attached hydrogen (secondary N) is 1. The molecule has 0 fully saturated rings. The average Bonchev–Trinajstić information content (AvgIpc) is 2.64. The molecule has 1 heterocycles. The summed E-state index contributed by atoms with van der Waals surface area (Å²) in [4.78, 5) is 12.9. The molecule has 2 aromatic rings. The fourth-order valence-electron chi connectivity index (χ4n) is 3.66. The SMILES string of the molecule is C=CCN(c1ccc(C(=O)NC2CC(C)(C)Oc3cc(C)ccc32)cc1)S(C)(=O)=O. The van der Waals surface area contributed by atoms with Gasteiger partial charge in [-0.15, -0.1) is 6.58 Å². The first kappa shape index (κ1) is 21.9. The highest BCUT2D eigenvalue weighted by atomic mass is 32.2. The summed E-state index contributed by atoms with van der Waals surface area (Å²) in [5.41, 5.74) is 2.61. The molecule has 1 atom stereocenters. The van der Waals surface area contributed by atoms with E-state index in [1.165, 1.54) is 10.4 Å². The van der Waals surface area contributed by atoms with Crippen LogP contribution < -0.4 is 14.4 Å². The zero-order valence-electron chi connectivity index (χ0n) is 17.8. The Hall–Kier alpha value is -2.80. The number of hydrogen-bond donors (Lipinski definition) is 1. The van der Waals surface area contributed by atoms with Crippen LogP contribution in [0.2, 0.25) is 0 Å². The molecule has 2 aromatic carbocycles. The molecule has 6 nitrogen and oxygen atoms in total. The molecular formula is C23H28N2O4S. The van der Waals surface area contributed by atoms with E-state index in [1.807, 2.05) is 39.0 Å². The van der Waals surface area contributed by atoms with E-state index < -0.39 is 15.6 Å². The number of amides is 1. The van der Waals surface area contributed by atoms with Crippen molar-refractivity contribution in [2.24, 2.45) is 0 Å². The molecule has 30 heavy (non-hydrogen) atoms. The summed E-state index contributed by atoms with van der Waals surface area (Å²) >= 11 is 0. The van der Waals surface area contributed by atoms with Crippen molar-refractivity contribution in [3.05, 3.63) is 71.8 Å². The zero-order chi connectivity index (χ0) is 22.1. The van der Waals surface area contributed by atoms with Crippen molar-refractivity contribution < 1.29 is 17.9 Å². The Morgan fingerprint density at radius 3 is 2.53 bits per heavy atom. The lowest BCUT2D eigenvalue weighted by Gasteiger charge is -2.38. The number of fused-ring (bicyclic) bond motifs is 1. The topological polar surface area (TPSA) is 75.7 Å². The minimum atomic E-state index is -3.44. The predicted molar refractivity (Wildman–Crippen MR) is 120 cm³/mol. The number of aryl methyl sites for hydroxylation is 1. The van der Waals surface area contributed by atoms with Gasteiger partial charge in [-0.25, -0.2) is 8.42 Å². The lowest BCUT2D eigenvalue weighted by Crippen LogP contribution is -2.41. The Labute approximate surface area is 178 Å². The lowest BCUT2D eigenvalue weighted by molar-refractivity contribution is 0.0619. The summed E-state index contributed by atoms with van der Waals surface area (Å²) in [5.74, 6) is 0.575. The van der Waals surface area contributed by atoms with Gasteiger partial charge in [0.15, 0.2) is 0 Å². The van der Waals surface area contributed by atoms with Gasteiger partial charge in [0, 0.05) is 17.5 Å². The Morgan fingerprint density at radius 2 is 1.93 bits per heavy atom. The number of nitrogens with zero attached hydrogens (tertiary/aromatic N) is 1. The van der Waals surface area contributed by atoms with Gasteiger partial charge in [0.1, 0.15) is 11.4 Å². The van der Waals surface area contributed by atoms with Gasteiger partial charge in [-0.3, -0.25) is 9.10 Å². The van der Waals surface area contributed by atoms with Crippen LogP contribution in [-0.2, 0) is 10.0 Å². The third kappa shape index (κ3) is 4.84. The fourth-order valence-corrected chi connectivity index (χ4v) is 4.54. The number of carbonyl (C=O) groups is 1. The molecule has 1 N–H and O–H groups in total. The molecule has 7 heteroatoms. The summed E-state index contributed by atoms with van der Waals surface area (Å²) < 4.78 is 31.3. The molecule has 0 spiro atoms. The minimum absolute atomic E-state index is 0.164. The monoisotopic (exact) mass is 428 g/mol. The van der Waals surface area contributed by atoms with Crippen LogP contribution in [0.25, 0.3) is 0 Å². The third-order valence-electron chi connectivity index (χ3n) is 5.04. The lowest BCUT2D eigenvalue weighted by atomic mass is 9.89. The third-order valence-corrected chi connectivity index (χ3v) is 6.21. The first-order valence-corrected chi connectivity index (χ1v) is 11.6. The van der Waals surface area contributed by atoms with Crippen molar-refractivity contribution in [3.63, 3.8) is 0 Å². The average molecular weight is 429 g/mol. The number of anilines is 1. The maximum atomic E-state index is 12.9. The molecule has 1 aliphatic rings. The molecule has 0 aliphatic carbocycles. The van der Waals surface area contributed by atoms with Crippen LogP contribution in [0.1, 0.15) is 47.8 Å². The van der Waals surface area contributed by atoms with Crippen LogP contribution in [0.15, 0.2) is 55.1 Å². The van der Waals surface area contributed by atoms with Crippen molar-refractivity contribution in [1.29, 1.82) is 0 Å². The minimum Gasteiger partial charge on any atom is -0.487 e. The maximum Gasteiger partial charge on any atom is 0.251 e. The van der Waals surface area contributed by atoms with E-state index in [0.717, 1.165) is 23.1 Å². The molecule has 160 valence electrons. The van der Waals surface area contributed by atoms with Crippen LogP contribution in [0, 0.1) is 6.92 Å². The van der Waals surface area contributed by atoms with Gasteiger partial charge in [0.2, 0.25) is 10.0 Å². The maximum absolute atomic E-state index is 12.9. The molecule has 1 aliphatic heterocycles. The van der Waals surface area contributed by atoms with E-state index in [0.29, 0.717) is 17.7 Å². The summed E-state index contributed by atoms with van der Waals surface area (Å²) in [6.07, 6.45) is 3.31.